The molecule has 150 valence electrons. The number of rotatable bonds is 10. The molecule has 0 unspecified atom stereocenters. The van der Waals surface area contributed by atoms with Gasteiger partial charge in [0.1, 0.15) is 18.2 Å². The first-order valence-corrected chi connectivity index (χ1v) is 9.93. The van der Waals surface area contributed by atoms with Gasteiger partial charge in [-0.05, 0) is 58.1 Å². The minimum atomic E-state index is -0.400. The molecule has 0 saturated carbocycles. The Labute approximate surface area is 179 Å². The maximum atomic E-state index is 12.4. The van der Waals surface area contributed by atoms with E-state index < -0.39 is 5.91 Å². The van der Waals surface area contributed by atoms with Crippen LogP contribution in [0.25, 0.3) is 6.08 Å². The highest BCUT2D eigenvalue weighted by Crippen LogP contribution is 2.37. The van der Waals surface area contributed by atoms with Crippen LogP contribution in [-0.2, 0) is 11.2 Å². The summed E-state index contributed by atoms with van der Waals surface area (Å²) in [6.45, 7) is 4.45. The third kappa shape index (κ3) is 6.81. The molecule has 1 N–H and O–H groups in total. The lowest BCUT2D eigenvalue weighted by atomic mass is 10.1. The number of hydrogen-bond donors (Lipinski definition) is 1. The van der Waals surface area contributed by atoms with Crippen molar-refractivity contribution in [2.45, 2.75) is 12.8 Å². The van der Waals surface area contributed by atoms with Crippen molar-refractivity contribution in [2.24, 2.45) is 0 Å². The smallest absolute Gasteiger partial charge is 0.261 e. The minimum absolute atomic E-state index is 0.0263. The van der Waals surface area contributed by atoms with Gasteiger partial charge in [-0.1, -0.05) is 43.0 Å². The molecule has 29 heavy (non-hydrogen) atoms. The molecule has 0 bridgehead atoms. The van der Waals surface area contributed by atoms with Gasteiger partial charge in [0, 0.05) is 6.54 Å². The summed E-state index contributed by atoms with van der Waals surface area (Å²) >= 11 is 3.44. The van der Waals surface area contributed by atoms with Gasteiger partial charge in [0.15, 0.2) is 11.5 Å². The highest BCUT2D eigenvalue weighted by Gasteiger charge is 2.13. The normalized spacial score (nSPS) is 10.7. The topological polar surface area (TPSA) is 71.3 Å². The average Bonchev–Trinajstić information content (AvgIpc) is 2.74. The van der Waals surface area contributed by atoms with Crippen molar-refractivity contribution in [3.05, 3.63) is 76.3 Å². The molecule has 0 heterocycles. The first kappa shape index (κ1) is 22.3. The van der Waals surface area contributed by atoms with Crippen LogP contribution in [0.3, 0.4) is 0 Å². The highest BCUT2D eigenvalue weighted by atomic mass is 79.9. The van der Waals surface area contributed by atoms with Crippen LogP contribution >= 0.6 is 15.9 Å². The van der Waals surface area contributed by atoms with E-state index in [1.165, 1.54) is 18.7 Å². The van der Waals surface area contributed by atoms with Crippen molar-refractivity contribution >= 4 is 27.9 Å². The number of nitrogens with one attached hydrogen (secondary N) is 1. The van der Waals surface area contributed by atoms with Crippen molar-refractivity contribution < 1.29 is 14.3 Å². The van der Waals surface area contributed by atoms with E-state index in [0.717, 1.165) is 12.8 Å². The Morgan fingerprint density at radius 3 is 2.72 bits per heavy atom. The van der Waals surface area contributed by atoms with E-state index in [0.29, 0.717) is 34.7 Å². The Bertz CT molecular complexity index is 918. The van der Waals surface area contributed by atoms with Gasteiger partial charge in [-0.25, -0.2) is 0 Å². The number of halogens is 1. The monoisotopic (exact) mass is 454 g/mol. The molecule has 6 heteroatoms. The Morgan fingerprint density at radius 1 is 1.31 bits per heavy atom. The second kappa shape index (κ2) is 11.7. The van der Waals surface area contributed by atoms with Crippen molar-refractivity contribution in [3.8, 4) is 17.6 Å². The summed E-state index contributed by atoms with van der Waals surface area (Å²) in [6.07, 6.45) is 4.82. The molecule has 1 amide bonds. The van der Waals surface area contributed by atoms with E-state index in [2.05, 4.69) is 40.0 Å². The fraction of sp³-hybridized carbons (Fsp3) is 0.217. The zero-order chi connectivity index (χ0) is 21.1. The van der Waals surface area contributed by atoms with Gasteiger partial charge in [0.05, 0.1) is 11.6 Å². The predicted molar refractivity (Wildman–Crippen MR) is 118 cm³/mol. The van der Waals surface area contributed by atoms with E-state index in [1.807, 2.05) is 24.3 Å². The second-order valence-electron chi connectivity index (χ2n) is 6.15. The van der Waals surface area contributed by atoms with E-state index in [9.17, 15) is 10.1 Å². The maximum Gasteiger partial charge on any atom is 0.261 e. The molecule has 0 atom stereocenters. The molecule has 0 saturated heterocycles. The Kier molecular flexibility index (Phi) is 9.00. The molecule has 0 fully saturated rings. The summed E-state index contributed by atoms with van der Waals surface area (Å²) in [6, 6.07) is 15.5. The summed E-state index contributed by atoms with van der Waals surface area (Å²) in [4.78, 5) is 12.4. The molecule has 2 aromatic rings. The summed E-state index contributed by atoms with van der Waals surface area (Å²) in [5, 5.41) is 12.2. The molecule has 0 aliphatic rings. The zero-order valence-electron chi connectivity index (χ0n) is 16.3. The molecule has 0 aliphatic heterocycles. The van der Waals surface area contributed by atoms with Crippen LogP contribution in [0.15, 0.2) is 65.2 Å². The van der Waals surface area contributed by atoms with Gasteiger partial charge in [0.25, 0.3) is 5.91 Å². The highest BCUT2D eigenvalue weighted by molar-refractivity contribution is 9.10. The Hall–Kier alpha value is -3.04. The number of nitrogens with zero attached hydrogens (tertiary/aromatic N) is 1. The molecule has 0 radical (unpaired) electrons. The van der Waals surface area contributed by atoms with Crippen LogP contribution in [0.4, 0.5) is 0 Å². The number of hydrogen-bond acceptors (Lipinski definition) is 4. The number of nitriles is 1. The molecule has 0 spiro atoms. The van der Waals surface area contributed by atoms with E-state index in [4.69, 9.17) is 9.47 Å². The molecule has 2 aromatic carbocycles. The first-order valence-electron chi connectivity index (χ1n) is 9.14. The molecule has 0 aliphatic carbocycles. The van der Waals surface area contributed by atoms with Crippen molar-refractivity contribution in [1.29, 1.82) is 5.26 Å². The van der Waals surface area contributed by atoms with Crippen LogP contribution in [0.5, 0.6) is 11.5 Å². The van der Waals surface area contributed by atoms with Gasteiger partial charge in [-0.2, -0.15) is 5.26 Å². The Balaban J connectivity index is 2.04. The number of aryl methyl sites for hydroxylation is 1. The van der Waals surface area contributed by atoms with Crippen molar-refractivity contribution in [3.63, 3.8) is 0 Å². The van der Waals surface area contributed by atoms with Gasteiger partial charge in [-0.3, -0.25) is 4.79 Å². The zero-order valence-corrected chi connectivity index (χ0v) is 17.9. The summed E-state index contributed by atoms with van der Waals surface area (Å²) in [7, 11) is 1.53. The lowest BCUT2D eigenvalue weighted by Crippen LogP contribution is -2.25. The molecule has 5 nitrogen and oxygen atoms in total. The van der Waals surface area contributed by atoms with E-state index in [1.54, 1.807) is 18.2 Å². The van der Waals surface area contributed by atoms with Gasteiger partial charge in [0.2, 0.25) is 0 Å². The molecule has 0 aromatic heterocycles. The van der Waals surface area contributed by atoms with Crippen LogP contribution in [0.1, 0.15) is 17.5 Å². The van der Waals surface area contributed by atoms with Crippen LogP contribution in [0, 0.1) is 11.3 Å². The van der Waals surface area contributed by atoms with Crippen LogP contribution in [-0.4, -0.2) is 26.2 Å². The third-order valence-electron chi connectivity index (χ3n) is 4.04. The maximum absolute atomic E-state index is 12.4. The second-order valence-corrected chi connectivity index (χ2v) is 7.00. The van der Waals surface area contributed by atoms with Crippen molar-refractivity contribution in [1.82, 2.24) is 5.32 Å². The number of benzene rings is 2. The standard InChI is InChI=1S/C23H23BrN2O3/c1-3-12-29-22-20(24)14-18(15-21(22)28-2)13-19(16-25)23(27)26-11-7-10-17-8-5-4-6-9-17/h3-6,8-9,13-15H,1,7,10-12H2,2H3,(H,26,27)/b19-13-. The summed E-state index contributed by atoms with van der Waals surface area (Å²) in [5.41, 5.74) is 1.89. The molecular weight excluding hydrogens is 432 g/mol. The van der Waals surface area contributed by atoms with Gasteiger partial charge >= 0.3 is 0 Å². The number of ether oxygens (including phenoxy) is 2. The Morgan fingerprint density at radius 2 is 2.07 bits per heavy atom. The van der Waals surface area contributed by atoms with Gasteiger partial charge < -0.3 is 14.8 Å². The SMILES string of the molecule is C=CCOc1c(Br)cc(/C=C(/C#N)C(=O)NCCCc2ccccc2)cc1OC. The first-order chi connectivity index (χ1) is 14.1. The molecular formula is C23H23BrN2O3. The third-order valence-corrected chi connectivity index (χ3v) is 4.63. The van der Waals surface area contributed by atoms with Crippen LogP contribution < -0.4 is 14.8 Å². The van der Waals surface area contributed by atoms with Crippen LogP contribution in [0.2, 0.25) is 0 Å². The lowest BCUT2D eigenvalue weighted by Gasteiger charge is -2.12. The summed E-state index contributed by atoms with van der Waals surface area (Å²) < 4.78 is 11.6. The van der Waals surface area contributed by atoms with Gasteiger partial charge in [-0.15, -0.1) is 0 Å². The van der Waals surface area contributed by atoms with E-state index in [-0.39, 0.29) is 5.57 Å². The predicted octanol–water partition coefficient (Wildman–Crippen LogP) is 4.68. The fourth-order valence-corrected chi connectivity index (χ4v) is 3.23. The number of carbonyl (C=O) groups excluding carboxylic acids is 1. The fourth-order valence-electron chi connectivity index (χ4n) is 2.66. The molecule has 2 rings (SSSR count). The number of carbonyl (C=O) groups is 1. The minimum Gasteiger partial charge on any atom is -0.493 e. The lowest BCUT2D eigenvalue weighted by molar-refractivity contribution is -0.117. The number of methoxy groups -OCH3 is 1. The van der Waals surface area contributed by atoms with E-state index >= 15 is 0 Å². The summed E-state index contributed by atoms with van der Waals surface area (Å²) in [5.74, 6) is 0.629. The average molecular weight is 455 g/mol. The van der Waals surface area contributed by atoms with Crippen molar-refractivity contribution in [2.75, 3.05) is 20.3 Å². The number of amides is 1. The largest absolute Gasteiger partial charge is 0.493 e. The quantitative estimate of drug-likeness (QED) is 0.245.